The fraction of sp³-hybridized carbons (Fsp3) is 0.125. The van der Waals surface area contributed by atoms with Gasteiger partial charge in [0.15, 0.2) is 11.0 Å². The van der Waals surface area contributed by atoms with Crippen molar-refractivity contribution >= 4 is 40.6 Å². The van der Waals surface area contributed by atoms with E-state index in [2.05, 4.69) is 20.5 Å². The zero-order valence-corrected chi connectivity index (χ0v) is 15.6. The molecular formula is C16H13ClN6O3S. The minimum atomic E-state index is -0.555. The van der Waals surface area contributed by atoms with Crippen molar-refractivity contribution in [3.8, 4) is 11.4 Å². The molecule has 3 aromatic rings. The zero-order valence-electron chi connectivity index (χ0n) is 14.0. The molecule has 0 atom stereocenters. The summed E-state index contributed by atoms with van der Waals surface area (Å²) in [5.41, 5.74) is 0.842. The number of nitrogens with one attached hydrogen (secondary N) is 1. The Balaban J connectivity index is 1.66. The SMILES string of the molecule is Cn1c(SCC(=O)Nc2cc([N+](=O)[O-])ccc2Cl)nnc1-c1cccnc1. The lowest BCUT2D eigenvalue weighted by atomic mass is 10.3. The van der Waals surface area contributed by atoms with Gasteiger partial charge in [-0.1, -0.05) is 23.4 Å². The number of carbonyl (C=O) groups is 1. The lowest BCUT2D eigenvalue weighted by Crippen LogP contribution is -2.15. The Morgan fingerprint density at radius 3 is 2.89 bits per heavy atom. The first-order valence-electron chi connectivity index (χ1n) is 7.62. The average Bonchev–Trinajstić information content (AvgIpc) is 3.03. The lowest BCUT2D eigenvalue weighted by Gasteiger charge is -2.07. The van der Waals surface area contributed by atoms with E-state index in [1.54, 1.807) is 30.1 Å². The highest BCUT2D eigenvalue weighted by molar-refractivity contribution is 7.99. The zero-order chi connectivity index (χ0) is 19.4. The van der Waals surface area contributed by atoms with E-state index in [-0.39, 0.29) is 28.1 Å². The van der Waals surface area contributed by atoms with Gasteiger partial charge in [0.05, 0.1) is 21.4 Å². The van der Waals surface area contributed by atoms with Crippen molar-refractivity contribution in [1.82, 2.24) is 19.7 Å². The fourth-order valence-electron chi connectivity index (χ4n) is 2.23. The van der Waals surface area contributed by atoms with Gasteiger partial charge in [-0.3, -0.25) is 19.9 Å². The van der Waals surface area contributed by atoms with Gasteiger partial charge in [0.2, 0.25) is 5.91 Å². The molecule has 2 heterocycles. The van der Waals surface area contributed by atoms with Crippen LogP contribution in [0.2, 0.25) is 5.02 Å². The third kappa shape index (κ3) is 4.41. The molecule has 0 spiro atoms. The van der Waals surface area contributed by atoms with Crippen molar-refractivity contribution in [3.63, 3.8) is 0 Å². The molecule has 3 rings (SSSR count). The van der Waals surface area contributed by atoms with Crippen molar-refractivity contribution < 1.29 is 9.72 Å². The summed E-state index contributed by atoms with van der Waals surface area (Å²) < 4.78 is 1.76. The van der Waals surface area contributed by atoms with Crippen LogP contribution in [0.5, 0.6) is 0 Å². The van der Waals surface area contributed by atoms with Crippen LogP contribution in [0.15, 0.2) is 47.9 Å². The van der Waals surface area contributed by atoms with Crippen LogP contribution >= 0.6 is 23.4 Å². The monoisotopic (exact) mass is 404 g/mol. The number of rotatable bonds is 6. The van der Waals surface area contributed by atoms with Gasteiger partial charge < -0.3 is 9.88 Å². The third-order valence-corrected chi connectivity index (χ3v) is 4.87. The second-order valence-electron chi connectivity index (χ2n) is 5.37. The maximum Gasteiger partial charge on any atom is 0.271 e. The van der Waals surface area contributed by atoms with Gasteiger partial charge in [0, 0.05) is 37.1 Å². The molecule has 0 aliphatic rings. The molecule has 0 saturated carbocycles. The molecule has 2 aromatic heterocycles. The summed E-state index contributed by atoms with van der Waals surface area (Å²) >= 11 is 7.17. The molecule has 0 radical (unpaired) electrons. The summed E-state index contributed by atoms with van der Waals surface area (Å²) in [7, 11) is 1.79. The van der Waals surface area contributed by atoms with E-state index in [1.165, 1.54) is 30.0 Å². The molecule has 138 valence electrons. The summed E-state index contributed by atoms with van der Waals surface area (Å²) in [6, 6.07) is 7.51. The molecule has 0 unspecified atom stereocenters. The quantitative estimate of drug-likeness (QED) is 0.381. The molecule has 1 aromatic carbocycles. The fourth-order valence-corrected chi connectivity index (χ4v) is 3.10. The predicted molar refractivity (Wildman–Crippen MR) is 102 cm³/mol. The Labute approximate surface area is 162 Å². The topological polar surface area (TPSA) is 116 Å². The van der Waals surface area contributed by atoms with E-state index in [4.69, 9.17) is 11.6 Å². The van der Waals surface area contributed by atoms with Crippen molar-refractivity contribution in [2.24, 2.45) is 7.05 Å². The molecular weight excluding hydrogens is 392 g/mol. The van der Waals surface area contributed by atoms with E-state index in [1.807, 2.05) is 6.07 Å². The molecule has 11 heteroatoms. The molecule has 1 amide bonds. The molecule has 9 nitrogen and oxygen atoms in total. The summed E-state index contributed by atoms with van der Waals surface area (Å²) in [6.07, 6.45) is 3.34. The standard InChI is InChI=1S/C16H13ClN6O3S/c1-22-15(10-3-2-6-18-8-10)20-21-16(22)27-9-14(24)19-13-7-11(23(25)26)4-5-12(13)17/h2-8H,9H2,1H3,(H,19,24). The van der Waals surface area contributed by atoms with Crippen LogP contribution < -0.4 is 5.32 Å². The Morgan fingerprint density at radius 2 is 2.19 bits per heavy atom. The van der Waals surface area contributed by atoms with Gasteiger partial charge >= 0.3 is 0 Å². The number of thioether (sulfide) groups is 1. The van der Waals surface area contributed by atoms with Crippen LogP contribution in [0.25, 0.3) is 11.4 Å². The van der Waals surface area contributed by atoms with Gasteiger partial charge in [0.1, 0.15) is 0 Å². The highest BCUT2D eigenvalue weighted by Gasteiger charge is 2.15. The summed E-state index contributed by atoms with van der Waals surface area (Å²) in [5, 5.41) is 22.4. The number of pyridine rings is 1. The molecule has 0 aliphatic heterocycles. The van der Waals surface area contributed by atoms with Gasteiger partial charge in [-0.2, -0.15) is 0 Å². The Kier molecular flexibility index (Phi) is 5.67. The lowest BCUT2D eigenvalue weighted by molar-refractivity contribution is -0.384. The number of anilines is 1. The molecule has 0 bridgehead atoms. The first-order valence-corrected chi connectivity index (χ1v) is 8.98. The second kappa shape index (κ2) is 8.14. The highest BCUT2D eigenvalue weighted by Crippen LogP contribution is 2.27. The van der Waals surface area contributed by atoms with E-state index >= 15 is 0 Å². The van der Waals surface area contributed by atoms with Crippen LogP contribution in [-0.4, -0.2) is 36.3 Å². The second-order valence-corrected chi connectivity index (χ2v) is 6.71. The molecule has 1 N–H and O–H groups in total. The summed E-state index contributed by atoms with van der Waals surface area (Å²) in [4.78, 5) is 26.5. The van der Waals surface area contributed by atoms with E-state index in [0.29, 0.717) is 11.0 Å². The first kappa shape index (κ1) is 18.8. The number of hydrogen-bond acceptors (Lipinski definition) is 7. The third-order valence-electron chi connectivity index (χ3n) is 3.52. The average molecular weight is 405 g/mol. The minimum Gasteiger partial charge on any atom is -0.324 e. The van der Waals surface area contributed by atoms with Gasteiger partial charge in [-0.05, 0) is 18.2 Å². The number of halogens is 1. The number of nitro benzene ring substituents is 1. The van der Waals surface area contributed by atoms with Crippen LogP contribution in [0.4, 0.5) is 11.4 Å². The maximum atomic E-state index is 12.2. The van der Waals surface area contributed by atoms with Crippen LogP contribution in [-0.2, 0) is 11.8 Å². The Morgan fingerprint density at radius 1 is 1.37 bits per heavy atom. The number of nitrogens with zero attached hydrogens (tertiary/aromatic N) is 5. The first-order chi connectivity index (χ1) is 13.0. The van der Waals surface area contributed by atoms with Gasteiger partial charge in [0.25, 0.3) is 5.69 Å². The number of benzene rings is 1. The van der Waals surface area contributed by atoms with Crippen molar-refractivity contribution in [2.75, 3.05) is 11.1 Å². The van der Waals surface area contributed by atoms with Crippen molar-refractivity contribution in [3.05, 3.63) is 57.9 Å². The van der Waals surface area contributed by atoms with Crippen LogP contribution in [0, 0.1) is 10.1 Å². The molecule has 0 aliphatic carbocycles. The van der Waals surface area contributed by atoms with Crippen molar-refractivity contribution in [1.29, 1.82) is 0 Å². The van der Waals surface area contributed by atoms with E-state index in [0.717, 1.165) is 5.56 Å². The number of aromatic nitrogens is 4. The van der Waals surface area contributed by atoms with Crippen LogP contribution in [0.1, 0.15) is 0 Å². The van der Waals surface area contributed by atoms with Gasteiger partial charge in [-0.25, -0.2) is 0 Å². The molecule has 27 heavy (non-hydrogen) atoms. The summed E-state index contributed by atoms with van der Waals surface area (Å²) in [5.74, 6) is 0.305. The smallest absolute Gasteiger partial charge is 0.271 e. The van der Waals surface area contributed by atoms with Crippen molar-refractivity contribution in [2.45, 2.75) is 5.16 Å². The van der Waals surface area contributed by atoms with E-state index in [9.17, 15) is 14.9 Å². The number of nitro groups is 1. The number of non-ortho nitro benzene ring substituents is 1. The van der Waals surface area contributed by atoms with Gasteiger partial charge in [-0.15, -0.1) is 10.2 Å². The molecule has 0 fully saturated rings. The maximum absolute atomic E-state index is 12.2. The summed E-state index contributed by atoms with van der Waals surface area (Å²) in [6.45, 7) is 0. The van der Waals surface area contributed by atoms with E-state index < -0.39 is 4.92 Å². The Hall–Kier alpha value is -2.98. The Bertz CT molecular complexity index is 995. The number of carbonyl (C=O) groups excluding carboxylic acids is 1. The highest BCUT2D eigenvalue weighted by atomic mass is 35.5. The number of hydrogen-bond donors (Lipinski definition) is 1. The minimum absolute atomic E-state index is 0.0397. The molecule has 0 saturated heterocycles. The number of amides is 1. The normalized spacial score (nSPS) is 10.6. The largest absolute Gasteiger partial charge is 0.324 e. The van der Waals surface area contributed by atoms with Crippen LogP contribution in [0.3, 0.4) is 0 Å². The predicted octanol–water partition coefficient (Wildman–Crippen LogP) is 3.17.